The van der Waals surface area contributed by atoms with E-state index in [0.29, 0.717) is 35.4 Å². The summed E-state index contributed by atoms with van der Waals surface area (Å²) in [6, 6.07) is 8.81. The highest BCUT2D eigenvalue weighted by Gasteiger charge is 2.27. The van der Waals surface area contributed by atoms with Crippen LogP contribution in [0.5, 0.6) is 0 Å². The summed E-state index contributed by atoms with van der Waals surface area (Å²) < 4.78 is 35.4. The normalized spacial score (nSPS) is 11.6. The first-order chi connectivity index (χ1) is 18.1. The van der Waals surface area contributed by atoms with Crippen molar-refractivity contribution >= 4 is 33.2 Å². The third-order valence-corrected chi connectivity index (χ3v) is 8.92. The Morgan fingerprint density at radius 1 is 1.13 bits per heavy atom. The average molecular weight is 560 g/mol. The number of benzene rings is 1. The lowest BCUT2D eigenvalue weighted by molar-refractivity contribution is 0.0971. The van der Waals surface area contributed by atoms with Gasteiger partial charge in [-0.25, -0.2) is 22.9 Å². The van der Waals surface area contributed by atoms with E-state index in [1.165, 1.54) is 0 Å². The molecule has 10 heteroatoms. The summed E-state index contributed by atoms with van der Waals surface area (Å²) in [6.07, 6.45) is 7.51. The number of sulfonamides is 1. The van der Waals surface area contributed by atoms with Crippen molar-refractivity contribution in [1.29, 1.82) is 0 Å². The van der Waals surface area contributed by atoms with Crippen molar-refractivity contribution in [3.05, 3.63) is 59.0 Å². The number of amides is 1. The summed E-state index contributed by atoms with van der Waals surface area (Å²) >= 11 is 1.13. The van der Waals surface area contributed by atoms with E-state index in [0.717, 1.165) is 47.7 Å². The first-order valence-corrected chi connectivity index (χ1v) is 15.4. The third kappa shape index (κ3) is 8.01. The number of nitrogens with zero attached hydrogens (tertiary/aromatic N) is 2. The number of aromatic nitrogens is 2. The van der Waals surface area contributed by atoms with Crippen LogP contribution in [0.1, 0.15) is 74.4 Å². The minimum atomic E-state index is -4.18. The zero-order valence-corrected chi connectivity index (χ0v) is 24.2. The third-order valence-electron chi connectivity index (χ3n) is 5.92. The predicted octanol–water partition coefficient (Wildman–Crippen LogP) is 6.25. The van der Waals surface area contributed by atoms with Crippen LogP contribution < -0.4 is 4.72 Å². The van der Waals surface area contributed by atoms with Crippen LogP contribution in [0, 0.1) is 5.92 Å². The zero-order chi connectivity index (χ0) is 27.7. The highest BCUT2D eigenvalue weighted by molar-refractivity contribution is 7.92. The van der Waals surface area contributed by atoms with Crippen LogP contribution in [0.15, 0.2) is 46.9 Å². The maximum absolute atomic E-state index is 13.2. The average Bonchev–Trinajstić information content (AvgIpc) is 3.49. The van der Waals surface area contributed by atoms with Gasteiger partial charge in [0, 0.05) is 34.8 Å². The second-order valence-corrected chi connectivity index (χ2v) is 12.7. The number of unbranched alkanes of at least 4 members (excludes halogenated alkanes) is 2. The molecule has 1 amide bonds. The molecule has 0 saturated heterocycles. The van der Waals surface area contributed by atoms with E-state index < -0.39 is 16.1 Å². The van der Waals surface area contributed by atoms with Gasteiger partial charge in [-0.3, -0.25) is 4.79 Å². The number of carbonyl (C=O) groups excluding carboxylic acids is 2. The van der Waals surface area contributed by atoms with E-state index in [2.05, 4.69) is 25.8 Å². The van der Waals surface area contributed by atoms with Crippen molar-refractivity contribution in [3.63, 3.8) is 0 Å². The summed E-state index contributed by atoms with van der Waals surface area (Å²) in [4.78, 5) is 30.6. The van der Waals surface area contributed by atoms with Crippen molar-refractivity contribution in [1.82, 2.24) is 14.3 Å². The molecule has 3 aromatic rings. The molecule has 2 heterocycles. The highest BCUT2D eigenvalue weighted by Crippen LogP contribution is 2.36. The molecule has 0 bridgehead atoms. The van der Waals surface area contributed by atoms with Crippen molar-refractivity contribution in [2.75, 3.05) is 6.61 Å². The second kappa shape index (κ2) is 13.7. The highest BCUT2D eigenvalue weighted by atomic mass is 32.2. The lowest BCUT2D eigenvalue weighted by atomic mass is 10.0. The molecule has 0 spiro atoms. The fourth-order valence-corrected chi connectivity index (χ4v) is 6.82. The van der Waals surface area contributed by atoms with Crippen molar-refractivity contribution in [2.45, 2.75) is 77.0 Å². The predicted molar refractivity (Wildman–Crippen MR) is 150 cm³/mol. The van der Waals surface area contributed by atoms with Crippen LogP contribution in [-0.2, 0) is 34.1 Å². The maximum atomic E-state index is 13.2. The molecule has 0 fully saturated rings. The fraction of sp³-hybridized carbons (Fsp3) is 0.464. The van der Waals surface area contributed by atoms with Crippen LogP contribution in [-0.4, -0.2) is 36.5 Å². The number of thiophene rings is 1. The number of imidazole rings is 1. The van der Waals surface area contributed by atoms with Gasteiger partial charge in [0.2, 0.25) is 0 Å². The summed E-state index contributed by atoms with van der Waals surface area (Å²) in [5.74, 6) is 1.09. The topological polar surface area (TPSA) is 107 Å². The molecular weight excluding hydrogens is 522 g/mol. The van der Waals surface area contributed by atoms with E-state index in [4.69, 9.17) is 4.74 Å². The largest absolute Gasteiger partial charge is 0.449 e. The number of hydrogen-bond acceptors (Lipinski definition) is 7. The molecule has 0 unspecified atom stereocenters. The van der Waals surface area contributed by atoms with E-state index in [-0.39, 0.29) is 23.1 Å². The monoisotopic (exact) mass is 559 g/mol. The molecule has 1 aromatic carbocycles. The first-order valence-electron chi connectivity index (χ1n) is 13.1. The molecule has 0 aliphatic carbocycles. The minimum absolute atomic E-state index is 0.0293. The number of hydrogen-bond donors (Lipinski definition) is 1. The van der Waals surface area contributed by atoms with Gasteiger partial charge >= 0.3 is 6.09 Å². The number of ketones is 1. The van der Waals surface area contributed by atoms with Gasteiger partial charge in [-0.2, -0.15) is 0 Å². The van der Waals surface area contributed by atoms with Crippen LogP contribution in [0.4, 0.5) is 4.79 Å². The molecule has 2 aromatic heterocycles. The van der Waals surface area contributed by atoms with Gasteiger partial charge in [0.05, 0.1) is 13.2 Å². The van der Waals surface area contributed by atoms with Gasteiger partial charge < -0.3 is 9.30 Å². The molecular formula is C28H37N3O5S2. The molecule has 3 rings (SSSR count). The smallest absolute Gasteiger partial charge is 0.421 e. The molecule has 0 radical (unpaired) electrons. The molecule has 8 nitrogen and oxygen atoms in total. The molecule has 1 N–H and O–H groups in total. The van der Waals surface area contributed by atoms with E-state index in [1.807, 2.05) is 22.3 Å². The first kappa shape index (κ1) is 29.6. The number of nitrogens with one attached hydrogen (secondary N) is 1. The van der Waals surface area contributed by atoms with Crippen molar-refractivity contribution < 1.29 is 22.7 Å². The van der Waals surface area contributed by atoms with E-state index in [9.17, 15) is 18.0 Å². The van der Waals surface area contributed by atoms with Gasteiger partial charge in [-0.1, -0.05) is 58.7 Å². The number of rotatable bonds is 14. The lowest BCUT2D eigenvalue weighted by Gasteiger charge is -2.10. The fourth-order valence-electron chi connectivity index (χ4n) is 3.98. The summed E-state index contributed by atoms with van der Waals surface area (Å²) in [6.45, 7) is 8.48. The Morgan fingerprint density at radius 2 is 1.89 bits per heavy atom. The Balaban J connectivity index is 1.91. The van der Waals surface area contributed by atoms with Crippen molar-refractivity contribution in [2.24, 2.45) is 5.92 Å². The van der Waals surface area contributed by atoms with Crippen LogP contribution in [0.3, 0.4) is 0 Å². The number of carbonyl (C=O) groups is 2. The molecule has 206 valence electrons. The Morgan fingerprint density at radius 3 is 2.61 bits per heavy atom. The van der Waals surface area contributed by atoms with Crippen LogP contribution in [0.2, 0.25) is 0 Å². The Bertz CT molecular complexity index is 1340. The van der Waals surface area contributed by atoms with E-state index >= 15 is 0 Å². The summed E-state index contributed by atoms with van der Waals surface area (Å²) in [5.41, 5.74) is 1.53. The SMILES string of the molecule is CCCCOC(=O)NS(=O)(=O)c1sc(CC(C)C)cc1-c1cccc(C(=O)Cn2ccnc2CCCC)c1. The molecule has 38 heavy (non-hydrogen) atoms. The second-order valence-electron chi connectivity index (χ2n) is 9.69. The molecule has 0 aliphatic rings. The van der Waals surface area contributed by atoms with Gasteiger partial charge in [0.25, 0.3) is 10.0 Å². The number of ether oxygens (including phenoxy) is 1. The van der Waals surface area contributed by atoms with Gasteiger partial charge in [0.15, 0.2) is 5.78 Å². The quantitative estimate of drug-likeness (QED) is 0.185. The van der Waals surface area contributed by atoms with Gasteiger partial charge in [0.1, 0.15) is 10.0 Å². The number of Topliss-reactive ketones (excluding diaryl/α,β-unsaturated/α-hetero) is 1. The summed E-state index contributed by atoms with van der Waals surface area (Å²) in [7, 11) is -4.18. The van der Waals surface area contributed by atoms with Crippen LogP contribution in [0.25, 0.3) is 11.1 Å². The van der Waals surface area contributed by atoms with Crippen LogP contribution >= 0.6 is 11.3 Å². The van der Waals surface area contributed by atoms with E-state index in [1.54, 1.807) is 36.7 Å². The zero-order valence-electron chi connectivity index (χ0n) is 22.5. The Hall–Kier alpha value is -2.98. The minimum Gasteiger partial charge on any atom is -0.449 e. The molecule has 0 atom stereocenters. The lowest BCUT2D eigenvalue weighted by Crippen LogP contribution is -2.31. The number of aryl methyl sites for hydroxylation is 1. The van der Waals surface area contributed by atoms with Gasteiger partial charge in [-0.05, 0) is 42.9 Å². The molecule has 0 aliphatic heterocycles. The van der Waals surface area contributed by atoms with Gasteiger partial charge in [-0.15, -0.1) is 11.3 Å². The van der Waals surface area contributed by atoms with Crippen molar-refractivity contribution in [3.8, 4) is 11.1 Å². The standard InChI is InChI=1S/C28H37N3O5S2/c1-5-7-12-26-29-13-14-31(26)19-25(32)22-11-9-10-21(17-22)24-18-23(16-20(3)4)37-27(24)38(34,35)30-28(33)36-15-8-6-2/h9-11,13-14,17-18,20H,5-8,12,15-16,19H2,1-4H3,(H,30,33). The molecule has 0 saturated carbocycles. The Kier molecular flexibility index (Phi) is 10.7. The summed E-state index contributed by atoms with van der Waals surface area (Å²) in [5, 5.41) is 0. The Labute approximate surface area is 229 Å². The maximum Gasteiger partial charge on any atom is 0.421 e.